The molecule has 1 nitrogen and oxygen atoms in total. The molecular formula is C12H16BrCl3OSi. The van der Waals surface area contributed by atoms with E-state index in [0.717, 1.165) is 48.6 Å². The van der Waals surface area contributed by atoms with Gasteiger partial charge in [-0.05, 0) is 36.7 Å². The summed E-state index contributed by atoms with van der Waals surface area (Å²) < 4.78 is 6.68. The van der Waals surface area contributed by atoms with Crippen LogP contribution in [0.1, 0.15) is 25.7 Å². The van der Waals surface area contributed by atoms with Crippen molar-refractivity contribution >= 4 is 55.2 Å². The maximum absolute atomic E-state index is 5.81. The van der Waals surface area contributed by atoms with Crippen molar-refractivity contribution in [1.29, 1.82) is 0 Å². The molecule has 1 rings (SSSR count). The van der Waals surface area contributed by atoms with Crippen molar-refractivity contribution in [3.05, 3.63) is 28.7 Å². The van der Waals surface area contributed by atoms with Crippen LogP contribution < -0.4 is 4.74 Å². The first kappa shape index (κ1) is 16.6. The number of rotatable bonds is 8. The number of hydrogen-bond acceptors (Lipinski definition) is 1. The molecule has 0 spiro atoms. The fourth-order valence-electron chi connectivity index (χ4n) is 1.50. The second kappa shape index (κ2) is 8.70. The van der Waals surface area contributed by atoms with Crippen LogP contribution in [-0.4, -0.2) is 12.6 Å². The summed E-state index contributed by atoms with van der Waals surface area (Å²) in [6.45, 7) is 0.743. The summed E-state index contributed by atoms with van der Waals surface area (Å²) >= 11 is 20.8. The first-order valence-electron chi connectivity index (χ1n) is 5.92. The third-order valence-electron chi connectivity index (χ3n) is 2.44. The van der Waals surface area contributed by atoms with Gasteiger partial charge in [0.15, 0.2) is 0 Å². The van der Waals surface area contributed by atoms with E-state index < -0.39 is 6.00 Å². The van der Waals surface area contributed by atoms with Crippen LogP contribution >= 0.6 is 49.2 Å². The van der Waals surface area contributed by atoms with Crippen molar-refractivity contribution in [2.45, 2.75) is 31.7 Å². The highest BCUT2D eigenvalue weighted by molar-refractivity contribution is 9.10. The van der Waals surface area contributed by atoms with Gasteiger partial charge in [0.05, 0.1) is 6.61 Å². The molecule has 0 heterocycles. The van der Waals surface area contributed by atoms with E-state index in [-0.39, 0.29) is 0 Å². The normalized spacial score (nSPS) is 11.6. The molecule has 18 heavy (non-hydrogen) atoms. The number of ether oxygens (including phenoxy) is 1. The van der Waals surface area contributed by atoms with Crippen molar-refractivity contribution in [3.8, 4) is 5.75 Å². The summed E-state index contributed by atoms with van der Waals surface area (Å²) in [6, 6.07) is 6.21. The molecule has 0 amide bonds. The highest BCUT2D eigenvalue weighted by Crippen LogP contribution is 2.27. The summed E-state index contributed by atoms with van der Waals surface area (Å²) in [5, 5.41) is 0. The molecule has 1 aromatic carbocycles. The second-order valence-electron chi connectivity index (χ2n) is 4.08. The molecule has 0 fully saturated rings. The minimum Gasteiger partial charge on any atom is -0.494 e. The van der Waals surface area contributed by atoms with Crippen LogP contribution in [-0.2, 0) is 0 Å². The van der Waals surface area contributed by atoms with Crippen LogP contribution in [0.15, 0.2) is 28.7 Å². The maximum Gasteiger partial charge on any atom is 0.341 e. The number of halogens is 4. The third-order valence-corrected chi connectivity index (χ3v) is 5.59. The fraction of sp³-hybridized carbons (Fsp3) is 0.500. The molecule has 0 N–H and O–H groups in total. The van der Waals surface area contributed by atoms with Crippen molar-refractivity contribution < 1.29 is 4.74 Å². The Bertz CT molecular complexity index is 340. The quantitative estimate of drug-likeness (QED) is 0.298. The van der Waals surface area contributed by atoms with E-state index in [9.17, 15) is 0 Å². The Hall–Kier alpha value is 0.587. The predicted molar refractivity (Wildman–Crippen MR) is 86.2 cm³/mol. The molecule has 0 aliphatic rings. The molecule has 0 bridgehead atoms. The van der Waals surface area contributed by atoms with Crippen molar-refractivity contribution in [2.24, 2.45) is 0 Å². The molecule has 0 aliphatic heterocycles. The van der Waals surface area contributed by atoms with Gasteiger partial charge >= 0.3 is 6.00 Å². The number of unbranched alkanes of at least 4 members (excludes halogenated alkanes) is 3. The Morgan fingerprint density at radius 1 is 0.944 bits per heavy atom. The van der Waals surface area contributed by atoms with Gasteiger partial charge in [0.25, 0.3) is 0 Å². The van der Waals surface area contributed by atoms with E-state index in [1.807, 2.05) is 24.3 Å². The summed E-state index contributed by atoms with van der Waals surface area (Å²) in [7, 11) is 0. The molecule has 0 unspecified atom stereocenters. The third kappa shape index (κ3) is 8.65. The number of hydrogen-bond donors (Lipinski definition) is 0. The van der Waals surface area contributed by atoms with Crippen LogP contribution in [0, 0.1) is 0 Å². The zero-order valence-corrected chi connectivity index (χ0v) is 14.8. The van der Waals surface area contributed by atoms with Gasteiger partial charge in [0.1, 0.15) is 5.75 Å². The minimum absolute atomic E-state index is 0.743. The average Bonchev–Trinajstić information content (AvgIpc) is 2.29. The molecule has 0 aromatic heterocycles. The second-order valence-corrected chi connectivity index (χ2v) is 14.3. The average molecular weight is 391 g/mol. The molecule has 0 saturated heterocycles. The Morgan fingerprint density at radius 3 is 2.17 bits per heavy atom. The van der Waals surface area contributed by atoms with Gasteiger partial charge in [0.2, 0.25) is 0 Å². The predicted octanol–water partition coefficient (Wildman–Crippen LogP) is 6.04. The fourth-order valence-corrected chi connectivity index (χ4v) is 3.62. The summed E-state index contributed by atoms with van der Waals surface area (Å²) in [5.41, 5.74) is 0. The van der Waals surface area contributed by atoms with Crippen LogP contribution in [0.3, 0.4) is 0 Å². The van der Waals surface area contributed by atoms with Crippen LogP contribution in [0.25, 0.3) is 0 Å². The highest BCUT2D eigenvalue weighted by atomic mass is 79.9. The van der Waals surface area contributed by atoms with Crippen LogP contribution in [0.4, 0.5) is 0 Å². The SMILES string of the molecule is Cl[Si](Cl)(Cl)CCCCCCOc1ccc(Br)cc1. The summed E-state index contributed by atoms with van der Waals surface area (Å²) in [6.07, 6.45) is 4.26. The lowest BCUT2D eigenvalue weighted by molar-refractivity contribution is 0.305. The van der Waals surface area contributed by atoms with E-state index in [1.54, 1.807) is 0 Å². The van der Waals surface area contributed by atoms with Gasteiger partial charge in [-0.3, -0.25) is 0 Å². The van der Waals surface area contributed by atoms with E-state index >= 15 is 0 Å². The van der Waals surface area contributed by atoms with Crippen molar-refractivity contribution in [1.82, 2.24) is 0 Å². The standard InChI is InChI=1S/C12H16BrCl3OSi/c13-11-5-7-12(8-6-11)17-9-3-1-2-4-10-18(14,15)16/h5-8H,1-4,9-10H2. The smallest absolute Gasteiger partial charge is 0.341 e. The molecule has 0 aliphatic carbocycles. The summed E-state index contributed by atoms with van der Waals surface area (Å²) in [4.78, 5) is 0. The van der Waals surface area contributed by atoms with Crippen molar-refractivity contribution in [2.75, 3.05) is 6.61 Å². The molecule has 6 heteroatoms. The maximum atomic E-state index is 5.81. The van der Waals surface area contributed by atoms with Gasteiger partial charge in [-0.1, -0.05) is 35.2 Å². The lowest BCUT2D eigenvalue weighted by Crippen LogP contribution is -2.07. The lowest BCUT2D eigenvalue weighted by atomic mass is 10.2. The molecule has 102 valence electrons. The van der Waals surface area contributed by atoms with E-state index in [2.05, 4.69) is 15.9 Å². The van der Waals surface area contributed by atoms with Gasteiger partial charge in [0, 0.05) is 4.47 Å². The largest absolute Gasteiger partial charge is 0.494 e. The Balaban J connectivity index is 2.00. The van der Waals surface area contributed by atoms with Gasteiger partial charge in [-0.2, -0.15) is 0 Å². The highest BCUT2D eigenvalue weighted by Gasteiger charge is 2.23. The zero-order valence-electron chi connectivity index (χ0n) is 9.97. The van der Waals surface area contributed by atoms with Crippen LogP contribution in [0.2, 0.25) is 6.04 Å². The Kier molecular flexibility index (Phi) is 8.04. The first-order valence-corrected chi connectivity index (χ1v) is 12.0. The lowest BCUT2D eigenvalue weighted by Gasteiger charge is -2.08. The van der Waals surface area contributed by atoms with Crippen molar-refractivity contribution in [3.63, 3.8) is 0 Å². The first-order chi connectivity index (χ1) is 8.47. The van der Waals surface area contributed by atoms with Gasteiger partial charge in [-0.15, -0.1) is 33.2 Å². The molecule has 0 atom stereocenters. The van der Waals surface area contributed by atoms with Crippen LogP contribution in [0.5, 0.6) is 5.75 Å². The molecular weight excluding hydrogens is 374 g/mol. The Labute approximate surface area is 132 Å². The molecule has 0 radical (unpaired) electrons. The topological polar surface area (TPSA) is 9.23 Å². The van der Waals surface area contributed by atoms with E-state index in [0.29, 0.717) is 0 Å². The van der Waals surface area contributed by atoms with E-state index in [4.69, 9.17) is 38.0 Å². The summed E-state index contributed by atoms with van der Waals surface area (Å²) in [5.74, 6) is 0.909. The Morgan fingerprint density at radius 2 is 1.56 bits per heavy atom. The van der Waals surface area contributed by atoms with Gasteiger partial charge in [-0.25, -0.2) is 0 Å². The van der Waals surface area contributed by atoms with Gasteiger partial charge < -0.3 is 4.74 Å². The number of benzene rings is 1. The zero-order chi connectivity index (χ0) is 13.4. The monoisotopic (exact) mass is 388 g/mol. The minimum atomic E-state index is -2.40. The molecule has 1 aromatic rings. The van der Waals surface area contributed by atoms with E-state index in [1.165, 1.54) is 0 Å². The molecule has 0 saturated carbocycles.